The standard InChI is InChI=1S/C14H25N3/c1-9(2)17-13(8-16-14(17)15)12-6-10(3)5-11(4)7-12/h5,9-10,12-13H,6-8H2,1-4H3,(H2,15,16). The van der Waals surface area contributed by atoms with Crippen LogP contribution in [-0.2, 0) is 0 Å². The van der Waals surface area contributed by atoms with E-state index in [2.05, 4.69) is 43.7 Å². The van der Waals surface area contributed by atoms with Gasteiger partial charge in [-0.2, -0.15) is 0 Å². The SMILES string of the molecule is CC1=CC(C)CC(C2CN=C(N)N2C(C)C)C1. The van der Waals surface area contributed by atoms with Crippen LogP contribution in [0.1, 0.15) is 40.5 Å². The molecule has 3 nitrogen and oxygen atoms in total. The van der Waals surface area contributed by atoms with Crippen LogP contribution in [0.3, 0.4) is 0 Å². The van der Waals surface area contributed by atoms with Crippen molar-refractivity contribution in [2.75, 3.05) is 6.54 Å². The molecular weight excluding hydrogens is 210 g/mol. The minimum Gasteiger partial charge on any atom is -0.370 e. The summed E-state index contributed by atoms with van der Waals surface area (Å²) in [6.07, 6.45) is 4.89. The number of nitrogens with zero attached hydrogens (tertiary/aromatic N) is 2. The Balaban J connectivity index is 2.11. The van der Waals surface area contributed by atoms with E-state index in [0.717, 1.165) is 12.5 Å². The summed E-state index contributed by atoms with van der Waals surface area (Å²) < 4.78 is 0. The van der Waals surface area contributed by atoms with E-state index in [4.69, 9.17) is 5.73 Å². The number of nitrogens with two attached hydrogens (primary N) is 1. The summed E-state index contributed by atoms with van der Waals surface area (Å²) in [7, 11) is 0. The van der Waals surface area contributed by atoms with Crippen LogP contribution in [0.15, 0.2) is 16.6 Å². The Morgan fingerprint density at radius 1 is 1.47 bits per heavy atom. The number of aliphatic imine (C=N–C) groups is 1. The van der Waals surface area contributed by atoms with Gasteiger partial charge in [-0.05, 0) is 45.4 Å². The highest BCUT2D eigenvalue weighted by Gasteiger charge is 2.35. The van der Waals surface area contributed by atoms with E-state index in [0.29, 0.717) is 23.9 Å². The molecule has 2 aliphatic rings. The van der Waals surface area contributed by atoms with Crippen LogP contribution in [0.5, 0.6) is 0 Å². The molecule has 0 spiro atoms. The van der Waals surface area contributed by atoms with Gasteiger partial charge in [0.25, 0.3) is 0 Å². The molecule has 0 aromatic heterocycles. The Kier molecular flexibility index (Phi) is 3.45. The van der Waals surface area contributed by atoms with Crippen molar-refractivity contribution < 1.29 is 0 Å². The van der Waals surface area contributed by atoms with Crippen LogP contribution in [-0.4, -0.2) is 29.5 Å². The average molecular weight is 235 g/mol. The second-order valence-corrected chi connectivity index (χ2v) is 5.96. The van der Waals surface area contributed by atoms with Gasteiger partial charge in [-0.15, -0.1) is 0 Å². The van der Waals surface area contributed by atoms with Crippen LogP contribution < -0.4 is 5.73 Å². The van der Waals surface area contributed by atoms with Crippen molar-refractivity contribution in [2.24, 2.45) is 22.6 Å². The van der Waals surface area contributed by atoms with Gasteiger partial charge < -0.3 is 10.6 Å². The van der Waals surface area contributed by atoms with Crippen molar-refractivity contribution in [1.82, 2.24) is 4.90 Å². The average Bonchev–Trinajstić information content (AvgIpc) is 2.58. The smallest absolute Gasteiger partial charge is 0.191 e. The molecule has 17 heavy (non-hydrogen) atoms. The summed E-state index contributed by atoms with van der Waals surface area (Å²) in [5, 5.41) is 0. The quantitative estimate of drug-likeness (QED) is 0.747. The lowest BCUT2D eigenvalue weighted by Gasteiger charge is -2.38. The van der Waals surface area contributed by atoms with Crippen LogP contribution in [0.25, 0.3) is 0 Å². The number of allylic oxidation sites excluding steroid dienone is 2. The minimum absolute atomic E-state index is 0.452. The van der Waals surface area contributed by atoms with Crippen molar-refractivity contribution in [3.63, 3.8) is 0 Å². The van der Waals surface area contributed by atoms with Crippen LogP contribution in [0.2, 0.25) is 0 Å². The molecule has 0 amide bonds. The lowest BCUT2D eigenvalue weighted by atomic mass is 9.79. The third-order valence-electron chi connectivity index (χ3n) is 3.99. The third kappa shape index (κ3) is 2.48. The molecule has 1 aliphatic heterocycles. The van der Waals surface area contributed by atoms with Crippen LogP contribution >= 0.6 is 0 Å². The molecule has 0 saturated heterocycles. The van der Waals surface area contributed by atoms with E-state index in [1.54, 1.807) is 0 Å². The van der Waals surface area contributed by atoms with Crippen LogP contribution in [0.4, 0.5) is 0 Å². The lowest BCUT2D eigenvalue weighted by molar-refractivity contribution is 0.190. The molecule has 0 aromatic carbocycles. The van der Waals surface area contributed by atoms with Gasteiger partial charge >= 0.3 is 0 Å². The summed E-state index contributed by atoms with van der Waals surface area (Å²) in [4.78, 5) is 6.76. The lowest BCUT2D eigenvalue weighted by Crippen LogP contribution is -2.49. The molecule has 1 heterocycles. The van der Waals surface area contributed by atoms with Gasteiger partial charge in [0.15, 0.2) is 5.96 Å². The van der Waals surface area contributed by atoms with Gasteiger partial charge in [-0.3, -0.25) is 4.99 Å². The fraction of sp³-hybridized carbons (Fsp3) is 0.786. The highest BCUT2D eigenvalue weighted by atomic mass is 15.3. The molecule has 2 rings (SSSR count). The van der Waals surface area contributed by atoms with Crippen molar-refractivity contribution in [3.05, 3.63) is 11.6 Å². The van der Waals surface area contributed by atoms with Crippen LogP contribution in [0, 0.1) is 11.8 Å². The Labute approximate surface area is 105 Å². The minimum atomic E-state index is 0.452. The Bertz CT molecular complexity index is 343. The maximum absolute atomic E-state index is 6.01. The molecule has 3 unspecified atom stereocenters. The molecule has 1 aliphatic carbocycles. The highest BCUT2D eigenvalue weighted by Crippen LogP contribution is 2.34. The highest BCUT2D eigenvalue weighted by molar-refractivity contribution is 5.80. The van der Waals surface area contributed by atoms with Crippen molar-refractivity contribution in [3.8, 4) is 0 Å². The maximum atomic E-state index is 6.01. The predicted molar refractivity (Wildman–Crippen MR) is 72.9 cm³/mol. The number of guanidine groups is 1. The van der Waals surface area contributed by atoms with E-state index in [1.165, 1.54) is 18.4 Å². The Hall–Kier alpha value is -0.990. The normalized spacial score (nSPS) is 33.9. The van der Waals surface area contributed by atoms with E-state index in [-0.39, 0.29) is 0 Å². The van der Waals surface area contributed by atoms with Crippen molar-refractivity contribution in [1.29, 1.82) is 0 Å². The zero-order chi connectivity index (χ0) is 12.6. The van der Waals surface area contributed by atoms with Crippen molar-refractivity contribution in [2.45, 2.75) is 52.6 Å². The first-order valence-corrected chi connectivity index (χ1v) is 6.74. The second-order valence-electron chi connectivity index (χ2n) is 5.96. The zero-order valence-electron chi connectivity index (χ0n) is 11.5. The fourth-order valence-corrected chi connectivity index (χ4v) is 3.44. The molecule has 0 fully saturated rings. The topological polar surface area (TPSA) is 41.6 Å². The first-order valence-electron chi connectivity index (χ1n) is 6.74. The third-order valence-corrected chi connectivity index (χ3v) is 3.99. The van der Waals surface area contributed by atoms with E-state index < -0.39 is 0 Å². The molecule has 2 N–H and O–H groups in total. The molecule has 0 saturated carbocycles. The Morgan fingerprint density at radius 2 is 2.18 bits per heavy atom. The molecule has 3 atom stereocenters. The maximum Gasteiger partial charge on any atom is 0.191 e. The molecular formula is C14H25N3. The van der Waals surface area contributed by atoms with Crippen molar-refractivity contribution >= 4 is 5.96 Å². The van der Waals surface area contributed by atoms with Gasteiger partial charge in [0.2, 0.25) is 0 Å². The second kappa shape index (κ2) is 4.71. The summed E-state index contributed by atoms with van der Waals surface area (Å²) in [6, 6.07) is 0.967. The molecule has 0 radical (unpaired) electrons. The molecule has 0 aromatic rings. The predicted octanol–water partition coefficient (Wildman–Crippen LogP) is 2.39. The van der Waals surface area contributed by atoms with Gasteiger partial charge in [0.1, 0.15) is 0 Å². The number of hydrogen-bond donors (Lipinski definition) is 1. The molecule has 3 heteroatoms. The number of hydrogen-bond acceptors (Lipinski definition) is 3. The largest absolute Gasteiger partial charge is 0.370 e. The van der Waals surface area contributed by atoms with Gasteiger partial charge in [-0.1, -0.05) is 18.6 Å². The van der Waals surface area contributed by atoms with E-state index in [9.17, 15) is 0 Å². The Morgan fingerprint density at radius 3 is 2.76 bits per heavy atom. The first-order chi connectivity index (χ1) is 7.99. The summed E-state index contributed by atoms with van der Waals surface area (Å²) in [5.74, 6) is 2.15. The van der Waals surface area contributed by atoms with Gasteiger partial charge in [0.05, 0.1) is 12.6 Å². The van der Waals surface area contributed by atoms with E-state index >= 15 is 0 Å². The van der Waals surface area contributed by atoms with Gasteiger partial charge in [0, 0.05) is 6.04 Å². The monoisotopic (exact) mass is 235 g/mol. The molecule has 96 valence electrons. The summed E-state index contributed by atoms with van der Waals surface area (Å²) >= 11 is 0. The number of rotatable bonds is 2. The van der Waals surface area contributed by atoms with Gasteiger partial charge in [-0.25, -0.2) is 0 Å². The summed E-state index contributed by atoms with van der Waals surface area (Å²) in [6.45, 7) is 9.86. The molecule has 0 bridgehead atoms. The van der Waals surface area contributed by atoms with E-state index in [1.807, 2.05) is 0 Å². The fourth-order valence-electron chi connectivity index (χ4n) is 3.44. The zero-order valence-corrected chi connectivity index (χ0v) is 11.5. The first kappa shape index (κ1) is 12.5. The summed E-state index contributed by atoms with van der Waals surface area (Å²) in [5.41, 5.74) is 7.54.